The molecule has 2 amide bonds. The van der Waals surface area contributed by atoms with E-state index in [1.165, 1.54) is 6.92 Å². The Bertz CT molecular complexity index is 1040. The monoisotopic (exact) mass is 348 g/mol. The number of nitrogens with zero attached hydrogens (tertiary/aromatic N) is 2. The summed E-state index contributed by atoms with van der Waals surface area (Å²) in [5.74, 6) is -0.114. The van der Waals surface area contributed by atoms with E-state index in [4.69, 9.17) is 0 Å². The number of carbonyl (C=O) groups is 3. The summed E-state index contributed by atoms with van der Waals surface area (Å²) in [6.45, 7) is 1.49. The van der Waals surface area contributed by atoms with Gasteiger partial charge in [-0.15, -0.1) is 0 Å². The molecule has 1 aliphatic heterocycles. The van der Waals surface area contributed by atoms with Crippen molar-refractivity contribution in [2.24, 2.45) is 0 Å². The van der Waals surface area contributed by atoms with Crippen LogP contribution in [0.5, 0.6) is 0 Å². The van der Waals surface area contributed by atoms with E-state index in [1.807, 2.05) is 24.3 Å². The predicted molar refractivity (Wildman–Crippen MR) is 97.1 cm³/mol. The topological polar surface area (TPSA) is 93.1 Å². The molecule has 0 spiro atoms. The molecule has 4 rings (SSSR count). The first-order valence-corrected chi connectivity index (χ1v) is 8.21. The molecule has 3 aromatic rings. The van der Waals surface area contributed by atoms with Crippen LogP contribution in [0.25, 0.3) is 11.0 Å². The van der Waals surface area contributed by atoms with Gasteiger partial charge in [-0.05, 0) is 43.3 Å². The maximum absolute atomic E-state index is 12.4. The molecule has 0 bridgehead atoms. The zero-order valence-electron chi connectivity index (χ0n) is 14.0. The first-order chi connectivity index (χ1) is 12.5. The van der Waals surface area contributed by atoms with Crippen LogP contribution < -0.4 is 10.6 Å². The van der Waals surface area contributed by atoms with Crippen molar-refractivity contribution < 1.29 is 14.4 Å². The van der Waals surface area contributed by atoms with E-state index in [1.54, 1.807) is 28.8 Å². The normalized spacial score (nSPS) is 15.6. The van der Waals surface area contributed by atoms with Gasteiger partial charge in [-0.1, -0.05) is 12.1 Å². The Labute approximate surface area is 149 Å². The Hall–Kier alpha value is -3.48. The van der Waals surface area contributed by atoms with E-state index in [9.17, 15) is 14.4 Å². The highest BCUT2D eigenvalue weighted by Crippen LogP contribution is 2.32. The molecule has 26 heavy (non-hydrogen) atoms. The van der Waals surface area contributed by atoms with Crippen molar-refractivity contribution in [2.45, 2.75) is 19.4 Å². The minimum atomic E-state index is -0.645. The van der Waals surface area contributed by atoms with Gasteiger partial charge in [0.05, 0.1) is 17.5 Å². The summed E-state index contributed by atoms with van der Waals surface area (Å²) in [4.78, 5) is 40.3. The third kappa shape index (κ3) is 2.73. The van der Waals surface area contributed by atoms with Crippen LogP contribution in [0.2, 0.25) is 0 Å². The molecule has 0 aliphatic carbocycles. The molecule has 0 saturated carbocycles. The fourth-order valence-corrected chi connectivity index (χ4v) is 3.12. The molecule has 2 aromatic carbocycles. The number of hydrogen-bond acceptors (Lipinski definition) is 4. The summed E-state index contributed by atoms with van der Waals surface area (Å²) in [5.41, 5.74) is 2.74. The predicted octanol–water partition coefficient (Wildman–Crippen LogP) is 2.76. The number of fused-ring (bicyclic) bond motifs is 3. The van der Waals surface area contributed by atoms with Crippen molar-refractivity contribution in [2.75, 3.05) is 10.6 Å². The lowest BCUT2D eigenvalue weighted by molar-refractivity contribution is -0.123. The van der Waals surface area contributed by atoms with Crippen LogP contribution in [0, 0.1) is 0 Å². The molecular weight excluding hydrogens is 332 g/mol. The molecule has 7 nitrogen and oxygen atoms in total. The third-order valence-electron chi connectivity index (χ3n) is 4.40. The summed E-state index contributed by atoms with van der Waals surface area (Å²) in [5, 5.41) is 5.48. The second-order valence-corrected chi connectivity index (χ2v) is 6.19. The molecule has 7 heteroatoms. The third-order valence-corrected chi connectivity index (χ3v) is 4.40. The summed E-state index contributed by atoms with van der Waals surface area (Å²) >= 11 is 0. The van der Waals surface area contributed by atoms with Gasteiger partial charge in [0, 0.05) is 11.3 Å². The average Bonchev–Trinajstić information content (AvgIpc) is 3.11. The fourth-order valence-electron chi connectivity index (χ4n) is 3.12. The molecule has 2 N–H and O–H groups in total. The van der Waals surface area contributed by atoms with Crippen molar-refractivity contribution in [1.29, 1.82) is 0 Å². The number of Topliss-reactive ketones (excluding diaryl/α,β-unsaturated/α-hetero) is 1. The quantitative estimate of drug-likeness (QED) is 0.709. The van der Waals surface area contributed by atoms with Gasteiger partial charge in [0.1, 0.15) is 6.04 Å². The van der Waals surface area contributed by atoms with Gasteiger partial charge >= 0.3 is 0 Å². The minimum absolute atomic E-state index is 0.00630. The number of benzene rings is 2. The Kier molecular flexibility index (Phi) is 3.76. The molecular formula is C19H16N4O3. The molecule has 0 fully saturated rings. The van der Waals surface area contributed by atoms with Gasteiger partial charge < -0.3 is 5.32 Å². The molecule has 130 valence electrons. The Morgan fingerprint density at radius 2 is 1.88 bits per heavy atom. The van der Waals surface area contributed by atoms with Crippen LogP contribution in [0.4, 0.5) is 11.6 Å². The fraction of sp³-hybridized carbons (Fsp3) is 0.158. The molecule has 1 unspecified atom stereocenters. The number of anilines is 2. The number of aromatic nitrogens is 2. The summed E-state index contributed by atoms with van der Waals surface area (Å²) in [6, 6.07) is 13.5. The standard InChI is InChI=1S/C19H16N4O3/c1-11(24)12-6-8-13(9-7-12)20-17(25)10-16-18(26)22-19-21-14-4-2-3-5-15(14)23(16)19/h2-9,16H,10H2,1H3,(H,20,25)(H,21,22,26). The molecule has 1 aliphatic rings. The van der Waals surface area contributed by atoms with Crippen LogP contribution in [-0.4, -0.2) is 27.1 Å². The number of ketones is 1. The minimum Gasteiger partial charge on any atom is -0.326 e. The maximum atomic E-state index is 12.4. The zero-order chi connectivity index (χ0) is 18.3. The summed E-state index contributed by atoms with van der Waals surface area (Å²) < 4.78 is 1.76. The van der Waals surface area contributed by atoms with Gasteiger partial charge in [0.25, 0.3) is 0 Å². The van der Waals surface area contributed by atoms with Gasteiger partial charge in [-0.25, -0.2) is 4.98 Å². The van der Waals surface area contributed by atoms with Crippen LogP contribution >= 0.6 is 0 Å². The number of rotatable bonds is 4. The van der Waals surface area contributed by atoms with E-state index >= 15 is 0 Å². The van der Waals surface area contributed by atoms with E-state index in [2.05, 4.69) is 15.6 Å². The Balaban J connectivity index is 1.53. The molecule has 2 heterocycles. The number of carbonyl (C=O) groups excluding carboxylic acids is 3. The molecule has 0 radical (unpaired) electrons. The number of hydrogen-bond donors (Lipinski definition) is 2. The van der Waals surface area contributed by atoms with E-state index < -0.39 is 6.04 Å². The average molecular weight is 348 g/mol. The van der Waals surface area contributed by atoms with Crippen LogP contribution in [0.15, 0.2) is 48.5 Å². The van der Waals surface area contributed by atoms with Crippen molar-refractivity contribution in [3.05, 3.63) is 54.1 Å². The Morgan fingerprint density at radius 1 is 1.15 bits per heavy atom. The van der Waals surface area contributed by atoms with E-state index in [0.717, 1.165) is 11.0 Å². The number of imidazole rings is 1. The lowest BCUT2D eigenvalue weighted by Gasteiger charge is -2.12. The molecule has 1 aromatic heterocycles. The smallest absolute Gasteiger partial charge is 0.250 e. The number of para-hydroxylation sites is 2. The highest BCUT2D eigenvalue weighted by molar-refractivity contribution is 6.03. The number of nitrogens with one attached hydrogen (secondary N) is 2. The second kappa shape index (κ2) is 6.11. The van der Waals surface area contributed by atoms with Gasteiger partial charge in [0.15, 0.2) is 5.78 Å². The number of amides is 2. The van der Waals surface area contributed by atoms with Crippen LogP contribution in [0.3, 0.4) is 0 Å². The summed E-state index contributed by atoms with van der Waals surface area (Å²) in [6.07, 6.45) is -0.00630. The van der Waals surface area contributed by atoms with Crippen LogP contribution in [0.1, 0.15) is 29.7 Å². The zero-order valence-corrected chi connectivity index (χ0v) is 14.0. The van der Waals surface area contributed by atoms with E-state index in [-0.39, 0.29) is 24.0 Å². The maximum Gasteiger partial charge on any atom is 0.250 e. The first kappa shape index (κ1) is 16.0. The van der Waals surface area contributed by atoms with Crippen molar-refractivity contribution in [3.8, 4) is 0 Å². The largest absolute Gasteiger partial charge is 0.326 e. The molecule has 1 atom stereocenters. The Morgan fingerprint density at radius 3 is 2.62 bits per heavy atom. The first-order valence-electron chi connectivity index (χ1n) is 8.21. The summed E-state index contributed by atoms with van der Waals surface area (Å²) in [7, 11) is 0. The SMILES string of the molecule is CC(=O)c1ccc(NC(=O)CC2C(=O)Nc3nc4ccccc4n32)cc1. The van der Waals surface area contributed by atoms with Crippen molar-refractivity contribution in [1.82, 2.24) is 9.55 Å². The van der Waals surface area contributed by atoms with Gasteiger partial charge in [0.2, 0.25) is 17.8 Å². The highest BCUT2D eigenvalue weighted by atomic mass is 16.2. The van der Waals surface area contributed by atoms with Gasteiger partial charge in [-0.3, -0.25) is 24.3 Å². The lowest BCUT2D eigenvalue weighted by Crippen LogP contribution is -2.23. The van der Waals surface area contributed by atoms with E-state index in [0.29, 0.717) is 17.2 Å². The van der Waals surface area contributed by atoms with Crippen molar-refractivity contribution in [3.63, 3.8) is 0 Å². The van der Waals surface area contributed by atoms with Gasteiger partial charge in [-0.2, -0.15) is 0 Å². The molecule has 0 saturated heterocycles. The second-order valence-electron chi connectivity index (χ2n) is 6.19. The van der Waals surface area contributed by atoms with Crippen LogP contribution in [-0.2, 0) is 9.59 Å². The van der Waals surface area contributed by atoms with Crippen molar-refractivity contribution >= 4 is 40.3 Å². The lowest BCUT2D eigenvalue weighted by atomic mass is 10.1. The highest BCUT2D eigenvalue weighted by Gasteiger charge is 2.34.